The Morgan fingerprint density at radius 3 is 2.33 bits per heavy atom. The molecule has 1 aromatic heterocycles. The lowest BCUT2D eigenvalue weighted by Gasteiger charge is -2.60. The van der Waals surface area contributed by atoms with Gasteiger partial charge in [-0.25, -0.2) is 14.5 Å². The van der Waals surface area contributed by atoms with Crippen LogP contribution in [0.1, 0.15) is 48.9 Å². The lowest BCUT2D eigenvalue weighted by atomic mass is 9.46. The molecule has 1 heterocycles. The molecule has 33 heavy (non-hydrogen) atoms. The number of hydrogen-bond donors (Lipinski definition) is 1. The third-order valence-corrected chi connectivity index (χ3v) is 7.81. The zero-order valence-corrected chi connectivity index (χ0v) is 19.6. The first kappa shape index (κ1) is 22.0. The van der Waals surface area contributed by atoms with Crippen molar-refractivity contribution in [2.24, 2.45) is 17.3 Å². The van der Waals surface area contributed by atoms with E-state index in [2.05, 4.69) is 15.4 Å². The third-order valence-electron chi connectivity index (χ3n) is 7.64. The number of anilines is 1. The maximum atomic E-state index is 13.9. The van der Waals surface area contributed by atoms with Gasteiger partial charge in [0.25, 0.3) is 0 Å². The van der Waals surface area contributed by atoms with Crippen LogP contribution in [0, 0.1) is 17.3 Å². The van der Waals surface area contributed by atoms with Gasteiger partial charge in [0.05, 0.1) is 43.5 Å². The summed E-state index contributed by atoms with van der Waals surface area (Å²) < 4.78 is 17.5. The zero-order valence-electron chi connectivity index (χ0n) is 18.9. The average Bonchev–Trinajstić information content (AvgIpc) is 3.24. The molecule has 1 amide bonds. The smallest absolute Gasteiger partial charge is 0.340 e. The molecule has 1 aromatic carbocycles. The van der Waals surface area contributed by atoms with Crippen LogP contribution in [0.2, 0.25) is 5.28 Å². The number of carbonyl (C=O) groups excluding carboxylic acids is 2. The summed E-state index contributed by atoms with van der Waals surface area (Å²) in [5, 5.41) is 7.67. The van der Waals surface area contributed by atoms with Crippen LogP contribution < -0.4 is 14.8 Å². The largest absolute Gasteiger partial charge is 0.493 e. The fraction of sp³-hybridized carbons (Fsp3) is 0.565. The number of aromatic nitrogens is 3. The molecule has 2 unspecified atom stereocenters. The second-order valence-corrected chi connectivity index (χ2v) is 9.96. The van der Waals surface area contributed by atoms with E-state index >= 15 is 0 Å². The van der Waals surface area contributed by atoms with E-state index in [0.717, 1.165) is 32.1 Å². The van der Waals surface area contributed by atoms with Crippen LogP contribution in [0.5, 0.6) is 11.5 Å². The zero-order chi connectivity index (χ0) is 23.4. The van der Waals surface area contributed by atoms with Crippen LogP contribution in [0.3, 0.4) is 0 Å². The van der Waals surface area contributed by atoms with Gasteiger partial charge < -0.3 is 19.5 Å². The molecule has 4 bridgehead atoms. The fourth-order valence-corrected chi connectivity index (χ4v) is 6.86. The van der Waals surface area contributed by atoms with E-state index in [-0.39, 0.29) is 22.3 Å². The summed E-state index contributed by atoms with van der Waals surface area (Å²) in [7, 11) is 4.30. The van der Waals surface area contributed by atoms with Crippen LogP contribution in [0.4, 0.5) is 5.69 Å². The van der Waals surface area contributed by atoms with Crippen molar-refractivity contribution >= 4 is 29.2 Å². The minimum atomic E-state index is -0.564. The van der Waals surface area contributed by atoms with Crippen LogP contribution in [-0.4, -0.2) is 48.0 Å². The number of nitrogens with zero attached hydrogens (tertiary/aromatic N) is 3. The number of hydrogen-bond acceptors (Lipinski definition) is 7. The molecule has 9 nitrogen and oxygen atoms in total. The number of methoxy groups -OCH3 is 3. The molecule has 4 atom stereocenters. The molecule has 176 valence electrons. The molecular formula is C23H27ClN4O5. The highest BCUT2D eigenvalue weighted by Gasteiger charge is 2.61. The van der Waals surface area contributed by atoms with E-state index < -0.39 is 11.4 Å². The van der Waals surface area contributed by atoms with Gasteiger partial charge in [0.2, 0.25) is 11.2 Å². The number of rotatable bonds is 6. The van der Waals surface area contributed by atoms with Gasteiger partial charge in [0.15, 0.2) is 11.5 Å². The second kappa shape index (κ2) is 7.90. The molecule has 4 aliphatic carbocycles. The highest BCUT2D eigenvalue weighted by atomic mass is 35.5. The van der Waals surface area contributed by atoms with E-state index in [0.29, 0.717) is 35.4 Å². The molecule has 1 N–H and O–H groups in total. The Balaban J connectivity index is 1.50. The predicted molar refractivity (Wildman–Crippen MR) is 120 cm³/mol. The summed E-state index contributed by atoms with van der Waals surface area (Å²) in [5.41, 5.74) is -0.253. The quantitative estimate of drug-likeness (QED) is 0.637. The molecule has 6 rings (SSSR count). The number of carbonyl (C=O) groups is 2. The predicted octanol–water partition coefficient (Wildman–Crippen LogP) is 3.67. The molecule has 2 aromatic rings. The Morgan fingerprint density at radius 1 is 1.09 bits per heavy atom. The summed E-state index contributed by atoms with van der Waals surface area (Å²) >= 11 is 6.03. The maximum absolute atomic E-state index is 13.9. The van der Waals surface area contributed by atoms with Crippen molar-refractivity contribution in [1.82, 2.24) is 14.8 Å². The minimum Gasteiger partial charge on any atom is -0.493 e. The number of nitrogens with one attached hydrogen (secondary N) is 1. The summed E-state index contributed by atoms with van der Waals surface area (Å²) in [6.45, 7) is 0. The number of halogens is 1. The van der Waals surface area contributed by atoms with E-state index in [1.165, 1.54) is 27.4 Å². The first-order valence-electron chi connectivity index (χ1n) is 11.0. The molecule has 4 saturated carbocycles. The fourth-order valence-electron chi connectivity index (χ4n) is 6.74. The summed E-state index contributed by atoms with van der Waals surface area (Å²) in [6, 6.07) is 3.13. The number of ether oxygens (including phenoxy) is 3. The van der Waals surface area contributed by atoms with Crippen molar-refractivity contribution in [3.8, 4) is 11.5 Å². The van der Waals surface area contributed by atoms with Gasteiger partial charge in [-0.3, -0.25) is 4.79 Å². The number of esters is 1. The van der Waals surface area contributed by atoms with E-state index in [1.54, 1.807) is 12.4 Å². The van der Waals surface area contributed by atoms with Gasteiger partial charge in [-0.15, -0.1) is 5.10 Å². The monoisotopic (exact) mass is 474 g/mol. The summed E-state index contributed by atoms with van der Waals surface area (Å²) in [6.07, 6.45) is 7.07. The van der Waals surface area contributed by atoms with Crippen LogP contribution in [0.25, 0.3) is 0 Å². The van der Waals surface area contributed by atoms with Crippen LogP contribution in [0.15, 0.2) is 18.5 Å². The highest BCUT2D eigenvalue weighted by molar-refractivity contribution is 6.28. The first-order valence-corrected chi connectivity index (χ1v) is 11.4. The Labute approximate surface area is 196 Å². The van der Waals surface area contributed by atoms with E-state index in [9.17, 15) is 9.59 Å². The Kier molecular flexibility index (Phi) is 5.27. The Morgan fingerprint density at radius 2 is 1.76 bits per heavy atom. The number of benzene rings is 1. The van der Waals surface area contributed by atoms with Crippen LogP contribution in [-0.2, 0) is 15.1 Å². The van der Waals surface area contributed by atoms with Gasteiger partial charge in [0.1, 0.15) is 6.33 Å². The molecule has 0 aliphatic heterocycles. The molecule has 10 heteroatoms. The molecule has 4 fully saturated rings. The second-order valence-electron chi connectivity index (χ2n) is 9.62. The lowest BCUT2D eigenvalue weighted by molar-refractivity contribution is -0.150. The van der Waals surface area contributed by atoms with Crippen molar-refractivity contribution in [1.29, 1.82) is 0 Å². The van der Waals surface area contributed by atoms with Gasteiger partial charge in [-0.1, -0.05) is 0 Å². The molecule has 0 saturated heterocycles. The average molecular weight is 475 g/mol. The van der Waals surface area contributed by atoms with Gasteiger partial charge in [-0.05, 0) is 62.0 Å². The summed E-state index contributed by atoms with van der Waals surface area (Å²) in [4.78, 5) is 30.4. The van der Waals surface area contributed by atoms with Crippen molar-refractivity contribution in [2.45, 2.75) is 44.1 Å². The third kappa shape index (κ3) is 3.53. The minimum absolute atomic E-state index is 0.0930. The molecular weight excluding hydrogens is 448 g/mol. The SMILES string of the molecule is COC(=O)c1cc(OC)c(OC)cc1NC(=O)C12C[C@H]3C[C@@H](C1)CC(n1cnc(Cl)n1)(C3)C2. The maximum Gasteiger partial charge on any atom is 0.340 e. The van der Waals surface area contributed by atoms with Crippen molar-refractivity contribution in [3.05, 3.63) is 29.3 Å². The van der Waals surface area contributed by atoms with Gasteiger partial charge in [0, 0.05) is 12.1 Å². The Hall–Kier alpha value is -2.81. The highest BCUT2D eigenvalue weighted by Crippen LogP contribution is 2.64. The van der Waals surface area contributed by atoms with E-state index in [1.807, 2.05) is 4.68 Å². The molecule has 0 radical (unpaired) electrons. The normalized spacial score (nSPS) is 29.6. The lowest BCUT2D eigenvalue weighted by Crippen LogP contribution is -2.60. The number of amides is 1. The van der Waals surface area contributed by atoms with Gasteiger partial charge in [-0.2, -0.15) is 0 Å². The molecule has 4 aliphatic rings. The van der Waals surface area contributed by atoms with Gasteiger partial charge >= 0.3 is 5.97 Å². The van der Waals surface area contributed by atoms with Crippen molar-refractivity contribution in [3.63, 3.8) is 0 Å². The van der Waals surface area contributed by atoms with Crippen molar-refractivity contribution < 1.29 is 23.8 Å². The van der Waals surface area contributed by atoms with E-state index in [4.69, 9.17) is 25.8 Å². The Bertz CT molecular complexity index is 1100. The molecule has 0 spiro atoms. The first-order chi connectivity index (χ1) is 15.8. The topological polar surface area (TPSA) is 105 Å². The van der Waals surface area contributed by atoms with Crippen LogP contribution >= 0.6 is 11.6 Å². The standard InChI is InChI=1S/C23H27ClN4O5/c1-31-17-5-15(19(29)33-3)16(6-18(17)32-2)26-20(30)22-7-13-4-14(8-22)10-23(9-13,11-22)28-12-25-21(24)27-28/h5-6,12-14H,4,7-11H2,1-3H3,(H,26,30)/t13-,14+,22?,23?. The summed E-state index contributed by atoms with van der Waals surface area (Å²) in [5.74, 6) is 1.01. The van der Waals surface area contributed by atoms with Crippen molar-refractivity contribution in [2.75, 3.05) is 26.6 Å².